The number of anilines is 1. The number of para-hydroxylation sites is 2. The van der Waals surface area contributed by atoms with E-state index >= 15 is 0 Å². The minimum absolute atomic E-state index is 0.0975. The molecule has 0 aliphatic carbocycles. The Bertz CT molecular complexity index is 1190. The lowest BCUT2D eigenvalue weighted by atomic mass is 9.73. The van der Waals surface area contributed by atoms with Gasteiger partial charge in [-0.2, -0.15) is 0 Å². The maximum Gasteiger partial charge on any atom is 0.238 e. The number of primary amides is 1. The molecule has 182 valence electrons. The zero-order chi connectivity index (χ0) is 24.7. The summed E-state index contributed by atoms with van der Waals surface area (Å²) in [6, 6.07) is 16.6. The minimum Gasteiger partial charge on any atom is -0.468 e. The van der Waals surface area contributed by atoms with Crippen LogP contribution in [0.4, 0.5) is 5.69 Å². The van der Waals surface area contributed by atoms with Crippen LogP contribution in [0.2, 0.25) is 0 Å². The Hall–Kier alpha value is -3.88. The zero-order valence-electron chi connectivity index (χ0n) is 19.5. The van der Waals surface area contributed by atoms with E-state index in [1.54, 1.807) is 4.90 Å². The number of hydrogen-bond donors (Lipinski definition) is 2. The van der Waals surface area contributed by atoms with Crippen LogP contribution < -0.4 is 20.7 Å². The molecule has 3 aliphatic heterocycles. The van der Waals surface area contributed by atoms with Gasteiger partial charge in [0.25, 0.3) is 0 Å². The molecular weight excluding hydrogens is 448 g/mol. The summed E-state index contributed by atoms with van der Waals surface area (Å²) in [6.07, 6.45) is 0.562. The molecule has 0 radical (unpaired) electrons. The smallest absolute Gasteiger partial charge is 0.238 e. The second-order valence-electron chi connectivity index (χ2n) is 9.53. The van der Waals surface area contributed by atoms with Crippen LogP contribution >= 0.6 is 0 Å². The SMILES string of the molecule is C[C@@]12C[C@@H](c3ccccc3O1)[C@H](C(N)=O)C(=O)N2CCNC(=O)[C@@H]1CC(=O)N(c2ccccc2)C1. The molecule has 2 aromatic carbocycles. The monoisotopic (exact) mass is 476 g/mol. The van der Waals surface area contributed by atoms with Crippen LogP contribution in [0, 0.1) is 11.8 Å². The molecule has 35 heavy (non-hydrogen) atoms. The highest BCUT2D eigenvalue weighted by Gasteiger charge is 2.55. The first-order valence-electron chi connectivity index (χ1n) is 11.8. The topological polar surface area (TPSA) is 122 Å². The summed E-state index contributed by atoms with van der Waals surface area (Å²) >= 11 is 0. The number of piperidine rings is 1. The lowest BCUT2D eigenvalue weighted by molar-refractivity contribution is -0.175. The van der Waals surface area contributed by atoms with Gasteiger partial charge in [-0.05, 0) is 30.7 Å². The number of ether oxygens (including phenoxy) is 1. The molecule has 0 saturated carbocycles. The van der Waals surface area contributed by atoms with E-state index in [1.807, 2.05) is 61.5 Å². The minimum atomic E-state index is -0.990. The number of benzene rings is 2. The fourth-order valence-electron chi connectivity index (χ4n) is 5.55. The van der Waals surface area contributed by atoms with E-state index in [-0.39, 0.29) is 37.2 Å². The van der Waals surface area contributed by atoms with Crippen molar-refractivity contribution in [2.45, 2.75) is 31.4 Å². The van der Waals surface area contributed by atoms with Crippen molar-refractivity contribution in [3.63, 3.8) is 0 Å². The van der Waals surface area contributed by atoms with Crippen molar-refractivity contribution in [3.8, 4) is 5.75 Å². The van der Waals surface area contributed by atoms with Gasteiger partial charge in [-0.1, -0.05) is 36.4 Å². The Morgan fingerprint density at radius 2 is 1.83 bits per heavy atom. The first kappa shape index (κ1) is 22.9. The average Bonchev–Trinajstić information content (AvgIpc) is 3.23. The summed E-state index contributed by atoms with van der Waals surface area (Å²) in [5, 5.41) is 2.86. The van der Waals surface area contributed by atoms with Gasteiger partial charge in [-0.3, -0.25) is 19.2 Å². The van der Waals surface area contributed by atoms with Crippen LogP contribution in [0.1, 0.15) is 31.2 Å². The molecule has 2 aromatic rings. The van der Waals surface area contributed by atoms with Gasteiger partial charge in [0, 0.05) is 44.1 Å². The quantitative estimate of drug-likeness (QED) is 0.610. The molecule has 2 fully saturated rings. The number of rotatable bonds is 6. The molecule has 9 nitrogen and oxygen atoms in total. The Morgan fingerprint density at radius 1 is 1.11 bits per heavy atom. The molecule has 2 bridgehead atoms. The van der Waals surface area contributed by atoms with Gasteiger partial charge in [0.2, 0.25) is 23.6 Å². The van der Waals surface area contributed by atoms with Gasteiger partial charge >= 0.3 is 0 Å². The van der Waals surface area contributed by atoms with Gasteiger partial charge in [-0.25, -0.2) is 0 Å². The molecule has 0 unspecified atom stereocenters. The number of likely N-dealkylation sites (tertiary alicyclic amines) is 1. The highest BCUT2D eigenvalue weighted by Crippen LogP contribution is 2.49. The molecule has 3 aliphatic rings. The van der Waals surface area contributed by atoms with Crippen molar-refractivity contribution in [3.05, 3.63) is 60.2 Å². The van der Waals surface area contributed by atoms with Crippen LogP contribution in [0.3, 0.4) is 0 Å². The largest absolute Gasteiger partial charge is 0.468 e. The van der Waals surface area contributed by atoms with Crippen molar-refractivity contribution in [2.24, 2.45) is 17.6 Å². The van der Waals surface area contributed by atoms with E-state index in [4.69, 9.17) is 10.5 Å². The van der Waals surface area contributed by atoms with E-state index in [0.717, 1.165) is 11.3 Å². The predicted octanol–water partition coefficient (Wildman–Crippen LogP) is 1.38. The number of fused-ring (bicyclic) bond motifs is 4. The normalized spacial score (nSPS) is 27.3. The predicted molar refractivity (Wildman–Crippen MR) is 127 cm³/mol. The molecule has 3 N–H and O–H groups in total. The van der Waals surface area contributed by atoms with E-state index in [2.05, 4.69) is 5.32 Å². The van der Waals surface area contributed by atoms with E-state index in [0.29, 0.717) is 18.7 Å². The highest BCUT2D eigenvalue weighted by atomic mass is 16.5. The number of hydrogen-bond acceptors (Lipinski definition) is 5. The van der Waals surface area contributed by atoms with Crippen LogP contribution in [-0.4, -0.2) is 53.9 Å². The molecule has 3 heterocycles. The molecule has 2 saturated heterocycles. The number of carbonyl (C=O) groups is 4. The summed E-state index contributed by atoms with van der Waals surface area (Å²) in [6.45, 7) is 2.45. The number of amides is 4. The Labute approximate surface area is 203 Å². The van der Waals surface area contributed by atoms with Crippen molar-refractivity contribution in [1.29, 1.82) is 0 Å². The summed E-state index contributed by atoms with van der Waals surface area (Å²) in [5.41, 5.74) is 6.27. The summed E-state index contributed by atoms with van der Waals surface area (Å²) in [4.78, 5) is 54.0. The van der Waals surface area contributed by atoms with Gasteiger partial charge in [0.05, 0.1) is 5.92 Å². The van der Waals surface area contributed by atoms with Gasteiger partial charge in [-0.15, -0.1) is 0 Å². The Balaban J connectivity index is 1.26. The standard InChI is InChI=1S/C26H28N4O5/c1-26-14-19(18-9-5-6-10-20(18)35-26)22(23(27)32)25(34)30(26)12-11-28-24(33)16-13-21(31)29(15-16)17-7-3-2-4-8-17/h2-10,16,19,22H,11-15H2,1H3,(H2,27,32)(H,28,33)/t16-,19+,22-,26+/m1/s1. The van der Waals surface area contributed by atoms with Crippen LogP contribution in [0.15, 0.2) is 54.6 Å². The van der Waals surface area contributed by atoms with Gasteiger partial charge in [0.1, 0.15) is 11.7 Å². The molecule has 4 amide bonds. The summed E-state index contributed by atoms with van der Waals surface area (Å²) < 4.78 is 6.22. The van der Waals surface area contributed by atoms with E-state index in [9.17, 15) is 19.2 Å². The van der Waals surface area contributed by atoms with E-state index in [1.165, 1.54) is 4.90 Å². The number of carbonyl (C=O) groups excluding carboxylic acids is 4. The average molecular weight is 477 g/mol. The fourth-order valence-corrected chi connectivity index (χ4v) is 5.55. The molecule has 5 rings (SSSR count). The van der Waals surface area contributed by atoms with Crippen molar-refractivity contribution < 1.29 is 23.9 Å². The lowest BCUT2D eigenvalue weighted by Gasteiger charge is -2.52. The Morgan fingerprint density at radius 3 is 2.57 bits per heavy atom. The van der Waals surface area contributed by atoms with Crippen molar-refractivity contribution in [2.75, 3.05) is 24.5 Å². The van der Waals surface area contributed by atoms with Crippen LogP contribution in [0.5, 0.6) is 5.75 Å². The highest BCUT2D eigenvalue weighted by molar-refractivity contribution is 6.02. The maximum atomic E-state index is 13.4. The molecule has 0 aromatic heterocycles. The first-order chi connectivity index (χ1) is 16.8. The maximum absolute atomic E-state index is 13.4. The molecule has 0 spiro atoms. The third-order valence-corrected chi connectivity index (χ3v) is 7.26. The van der Waals surface area contributed by atoms with Gasteiger partial charge in [0.15, 0.2) is 5.72 Å². The summed E-state index contributed by atoms with van der Waals surface area (Å²) in [5.74, 6) is -2.60. The lowest BCUT2D eigenvalue weighted by Crippen LogP contribution is -2.65. The second-order valence-corrected chi connectivity index (χ2v) is 9.53. The molecule has 9 heteroatoms. The Kier molecular flexibility index (Phi) is 5.70. The summed E-state index contributed by atoms with van der Waals surface area (Å²) in [7, 11) is 0. The van der Waals surface area contributed by atoms with E-state index < -0.39 is 29.4 Å². The van der Waals surface area contributed by atoms with Crippen LogP contribution in [-0.2, 0) is 19.2 Å². The third-order valence-electron chi connectivity index (χ3n) is 7.26. The fraction of sp³-hybridized carbons (Fsp3) is 0.385. The number of nitrogens with zero attached hydrogens (tertiary/aromatic N) is 2. The van der Waals surface area contributed by atoms with Crippen LogP contribution in [0.25, 0.3) is 0 Å². The number of nitrogens with one attached hydrogen (secondary N) is 1. The zero-order valence-corrected chi connectivity index (χ0v) is 19.5. The van der Waals surface area contributed by atoms with Crippen molar-refractivity contribution in [1.82, 2.24) is 10.2 Å². The number of nitrogens with two attached hydrogens (primary N) is 1. The second kappa shape index (κ2) is 8.72. The first-order valence-corrected chi connectivity index (χ1v) is 11.8. The molecular formula is C26H28N4O5. The van der Waals surface area contributed by atoms with Crippen molar-refractivity contribution >= 4 is 29.3 Å². The third kappa shape index (κ3) is 4.00. The molecule has 4 atom stereocenters. The van der Waals surface area contributed by atoms with Gasteiger partial charge < -0.3 is 25.6 Å².